The number of rotatable bonds is 8. The molecule has 4 unspecified atom stereocenters. The van der Waals surface area contributed by atoms with E-state index >= 15 is 0 Å². The first kappa shape index (κ1) is 47.9. The third kappa shape index (κ3) is 9.52. The molecule has 0 saturated heterocycles. The molecule has 267 valence electrons. The van der Waals surface area contributed by atoms with Gasteiger partial charge in [-0.05, 0) is 127 Å². The van der Waals surface area contributed by atoms with E-state index in [1.165, 1.54) is 44.5 Å². The van der Waals surface area contributed by atoms with Crippen molar-refractivity contribution < 1.29 is 138 Å². The van der Waals surface area contributed by atoms with Crippen molar-refractivity contribution in [3.8, 4) is 0 Å². The van der Waals surface area contributed by atoms with Crippen LogP contribution >= 0.6 is 24.6 Å². The summed E-state index contributed by atoms with van der Waals surface area (Å²) < 4.78 is 19.3. The summed E-state index contributed by atoms with van der Waals surface area (Å²) in [5, 5.41) is 36.7. The average molecular weight is 782 g/mol. The average Bonchev–Trinajstić information content (AvgIpc) is 3.58. The number of aliphatic hydroxyl groups excluding tert-OH is 1. The van der Waals surface area contributed by atoms with Gasteiger partial charge in [-0.1, -0.05) is 38.1 Å². The molecule has 0 heterocycles. The van der Waals surface area contributed by atoms with Crippen LogP contribution < -0.4 is 99.2 Å². The van der Waals surface area contributed by atoms with Gasteiger partial charge in [0.25, 0.3) is 0 Å². The van der Waals surface area contributed by atoms with E-state index in [1.807, 2.05) is 0 Å². The minimum absolute atomic E-state index is 0. The Balaban J connectivity index is 0.000000335. The van der Waals surface area contributed by atoms with Crippen LogP contribution in [0.15, 0.2) is 24.3 Å². The minimum Gasteiger partial charge on any atom is -1.00 e. The Hall–Kier alpha value is 1.51. The van der Waals surface area contributed by atoms with Gasteiger partial charge < -0.3 is 17.0 Å². The van der Waals surface area contributed by atoms with Crippen molar-refractivity contribution in [1.82, 2.24) is 0 Å². The summed E-state index contributed by atoms with van der Waals surface area (Å²) in [4.78, 5) is 12.3. The Morgan fingerprint density at radius 3 is 1.75 bits per heavy atom. The molecule has 6 aliphatic carbocycles. The van der Waals surface area contributed by atoms with E-state index in [0.717, 1.165) is 89.9 Å². The number of fused-ring (bicyclic) bond motifs is 10. The van der Waals surface area contributed by atoms with Gasteiger partial charge in [-0.2, -0.15) is 0 Å². The smallest absolute Gasteiger partial charge is 1.00 e. The quantitative estimate of drug-likeness (QED) is 0.0920. The van der Waals surface area contributed by atoms with Crippen molar-refractivity contribution in [2.75, 3.05) is 0 Å². The number of carbonyl (C=O) groups excluding carboxylic acids is 1. The SMILES string of the molecule is CC12CCc3c(ccc4c3CC[C@H](OSOO[O-])C4)C1CCC2=O.CC12CCc3c(ccc4c3CC[C@H](OSOO[O-])C4)C1CC[C@@H]2O.[B].[H-].[Na+].[Na+].[Na+]. The molecule has 2 fully saturated rings. The Labute approximate surface area is 385 Å². The molecule has 0 bridgehead atoms. The maximum Gasteiger partial charge on any atom is 1.00 e. The minimum atomic E-state index is -0.162. The molecule has 2 saturated carbocycles. The van der Waals surface area contributed by atoms with E-state index in [1.54, 1.807) is 0 Å². The zero-order valence-corrected chi connectivity index (χ0v) is 38.7. The van der Waals surface area contributed by atoms with Crippen molar-refractivity contribution in [3.63, 3.8) is 0 Å². The zero-order valence-electron chi connectivity index (χ0n) is 32.1. The Morgan fingerprint density at radius 1 is 0.692 bits per heavy atom. The first-order valence-corrected chi connectivity index (χ1v) is 18.7. The molecule has 2 aromatic carbocycles. The van der Waals surface area contributed by atoms with Gasteiger partial charge in [0, 0.05) is 38.5 Å². The fourth-order valence-electron chi connectivity index (χ4n) is 10.1. The first-order chi connectivity index (χ1) is 23.3. The second kappa shape index (κ2) is 21.0. The van der Waals surface area contributed by atoms with E-state index in [9.17, 15) is 20.4 Å². The van der Waals surface area contributed by atoms with E-state index in [-0.39, 0.29) is 128 Å². The van der Waals surface area contributed by atoms with E-state index < -0.39 is 0 Å². The number of hydrogen-bond acceptors (Lipinski definition) is 12. The maximum atomic E-state index is 12.3. The number of benzene rings is 2. The zero-order chi connectivity index (χ0) is 33.5. The molecule has 0 aliphatic heterocycles. The van der Waals surface area contributed by atoms with Gasteiger partial charge >= 0.3 is 88.7 Å². The van der Waals surface area contributed by atoms with Crippen molar-refractivity contribution in [1.29, 1.82) is 0 Å². The van der Waals surface area contributed by atoms with Crippen LogP contribution in [0.2, 0.25) is 0 Å². The normalized spacial score (nSPS) is 30.5. The van der Waals surface area contributed by atoms with Crippen molar-refractivity contribution in [2.45, 2.75) is 134 Å². The van der Waals surface area contributed by atoms with Crippen molar-refractivity contribution in [2.24, 2.45) is 10.8 Å². The molecule has 1 N–H and O–H groups in total. The van der Waals surface area contributed by atoms with Crippen LogP contribution in [0.5, 0.6) is 0 Å². The summed E-state index contributed by atoms with van der Waals surface area (Å²) in [6.07, 6.45) is 13.2. The summed E-state index contributed by atoms with van der Waals surface area (Å²) in [5.74, 6) is 1.34. The van der Waals surface area contributed by atoms with Crippen LogP contribution in [0, 0.1) is 10.8 Å². The molecule has 7 atom stereocenters. The third-order valence-electron chi connectivity index (χ3n) is 12.8. The van der Waals surface area contributed by atoms with Crippen LogP contribution in [0.1, 0.15) is 123 Å². The van der Waals surface area contributed by atoms with Crippen LogP contribution in [0.25, 0.3) is 0 Å². The largest absolute Gasteiger partial charge is 1.00 e. The van der Waals surface area contributed by atoms with Gasteiger partial charge in [0.2, 0.25) is 0 Å². The van der Waals surface area contributed by atoms with Gasteiger partial charge in [-0.15, -0.1) is 8.67 Å². The fraction of sp³-hybridized carbons (Fsp3) is 0.639. The molecular weight excluding hydrogens is 736 g/mol. The van der Waals surface area contributed by atoms with Gasteiger partial charge in [0.15, 0.2) is 24.6 Å². The third-order valence-corrected chi connectivity index (χ3v) is 13.8. The standard InChI is InChI=1S/C18H24O5S.C18H22O5S.B.3Na.H/c2*1-18-9-8-14-13-5-3-12(21-24-23-22-20)10-11(13)2-4-15(14)16(18)6-7-17(18)19;;;;;/h2,4,12,16-17,19-20H,3,5-10H2,1H3;2,4,12,16,20H,3,5-10H2,1H3;;;;;/q;;;3*+1;-1/p-2/t12-,16?,17-,18?;12-,16?,18?;;;;;/m00...../s1. The predicted molar refractivity (Wildman–Crippen MR) is 181 cm³/mol. The molecule has 3 radical (unpaired) electrons. The van der Waals surface area contributed by atoms with Crippen molar-refractivity contribution in [3.05, 3.63) is 68.8 Å². The van der Waals surface area contributed by atoms with Gasteiger partial charge in [-0.3, -0.25) is 23.2 Å². The summed E-state index contributed by atoms with van der Waals surface area (Å²) in [7, 11) is 0. The summed E-state index contributed by atoms with van der Waals surface area (Å²) >= 11 is 1.22. The monoisotopic (exact) mass is 781 g/mol. The molecule has 16 heteroatoms. The molecule has 52 heavy (non-hydrogen) atoms. The molecule has 2 aromatic rings. The maximum absolute atomic E-state index is 12.3. The number of ketones is 1. The number of hydrogen-bond donors (Lipinski definition) is 1. The van der Waals surface area contributed by atoms with Crippen LogP contribution in [-0.4, -0.2) is 37.6 Å². The van der Waals surface area contributed by atoms with Gasteiger partial charge in [-0.25, -0.2) is 0 Å². The van der Waals surface area contributed by atoms with Crippen LogP contribution in [0.3, 0.4) is 0 Å². The van der Waals surface area contributed by atoms with Gasteiger partial charge in [0.1, 0.15) is 5.78 Å². The number of aliphatic hydroxyl groups is 1. The summed E-state index contributed by atoms with van der Waals surface area (Å²) in [6, 6.07) is 8.95. The van der Waals surface area contributed by atoms with Crippen molar-refractivity contribution >= 4 is 38.8 Å². The Kier molecular flexibility index (Phi) is 19.3. The van der Waals surface area contributed by atoms with Gasteiger partial charge in [0.05, 0.1) is 18.3 Å². The molecular formula is C36H45BNa3O10S2. The molecule has 6 aliphatic rings. The van der Waals surface area contributed by atoms with E-state index in [4.69, 9.17) is 8.37 Å². The molecule has 0 spiro atoms. The molecule has 0 aromatic heterocycles. The fourth-order valence-corrected chi connectivity index (χ4v) is 10.8. The van der Waals surface area contributed by atoms with Crippen LogP contribution in [-0.2, 0) is 70.4 Å². The van der Waals surface area contributed by atoms with E-state index in [2.05, 4.69) is 56.9 Å². The number of Topliss-reactive ketones (excluding diaryl/α,β-unsaturated/α-hetero) is 1. The van der Waals surface area contributed by atoms with E-state index in [0.29, 0.717) is 42.3 Å². The summed E-state index contributed by atoms with van der Waals surface area (Å²) in [5.41, 5.74) is 11.4. The van der Waals surface area contributed by atoms with Crippen LogP contribution in [0.4, 0.5) is 0 Å². The first-order valence-electron chi connectivity index (χ1n) is 17.3. The predicted octanol–water partition coefficient (Wildman–Crippen LogP) is -3.97. The Morgan fingerprint density at radius 2 is 1.21 bits per heavy atom. The molecule has 0 amide bonds. The second-order valence-corrected chi connectivity index (χ2v) is 15.9. The molecule has 8 rings (SSSR count). The number of carbonyl (C=O) groups is 1. The Bertz CT molecular complexity index is 1530. The molecule has 10 nitrogen and oxygen atoms in total. The topological polar surface area (TPSA) is 139 Å². The second-order valence-electron chi connectivity index (χ2n) is 15.0. The summed E-state index contributed by atoms with van der Waals surface area (Å²) in [6.45, 7) is 4.42.